The molecule has 0 fully saturated rings. The van der Waals surface area contributed by atoms with E-state index in [1.807, 2.05) is 0 Å². The molecule has 1 aromatic carbocycles. The second kappa shape index (κ2) is 13.4. The lowest BCUT2D eigenvalue weighted by Crippen LogP contribution is -2.32. The maximum Gasteiger partial charge on any atom is 0.412 e. The van der Waals surface area contributed by atoms with Gasteiger partial charge in [-0.2, -0.15) is 0 Å². The molecule has 0 aliphatic rings. The van der Waals surface area contributed by atoms with Gasteiger partial charge in [0.25, 0.3) is 0 Å². The minimum Gasteiger partial charge on any atom is -0.507 e. The number of aliphatic hydroxyl groups excluding tert-OH is 1. The van der Waals surface area contributed by atoms with Crippen LogP contribution in [0.5, 0.6) is 0 Å². The number of hydrogen-bond donors (Lipinski definition) is 4. The van der Waals surface area contributed by atoms with Crippen molar-refractivity contribution in [2.45, 2.75) is 53.8 Å². The van der Waals surface area contributed by atoms with Crippen molar-refractivity contribution in [3.8, 4) is 0 Å². The highest BCUT2D eigenvalue weighted by Crippen LogP contribution is 2.17. The molecular weight excluding hydrogens is 470 g/mol. The van der Waals surface area contributed by atoms with Crippen LogP contribution in [0.4, 0.5) is 9.59 Å². The predicted octanol–water partition coefficient (Wildman–Crippen LogP) is 6.35. The maximum atomic E-state index is 12.1. The van der Waals surface area contributed by atoms with Gasteiger partial charge in [-0.3, -0.25) is 5.32 Å². The van der Waals surface area contributed by atoms with Gasteiger partial charge in [-0.05, 0) is 64.8 Å². The smallest absolute Gasteiger partial charge is 0.412 e. The van der Waals surface area contributed by atoms with Gasteiger partial charge in [0.15, 0.2) is 0 Å². The topological polar surface area (TPSA) is 121 Å². The molecule has 0 radical (unpaired) electrons. The van der Waals surface area contributed by atoms with E-state index in [2.05, 4.69) is 17.2 Å². The Morgan fingerprint density at radius 1 is 1.14 bits per heavy atom. The third kappa shape index (κ3) is 11.0. The number of rotatable bonds is 9. The summed E-state index contributed by atoms with van der Waals surface area (Å²) >= 11 is 6.05. The summed E-state index contributed by atoms with van der Waals surface area (Å²) in [5, 5.41) is 24.3. The summed E-state index contributed by atoms with van der Waals surface area (Å²) in [7, 11) is 0. The van der Waals surface area contributed by atoms with Gasteiger partial charge in [-0.15, -0.1) is 0 Å². The molecule has 0 bridgehead atoms. The van der Waals surface area contributed by atoms with Crippen LogP contribution in [-0.4, -0.2) is 35.2 Å². The molecule has 190 valence electrons. The molecule has 0 atom stereocenters. The molecule has 0 saturated heterocycles. The summed E-state index contributed by atoms with van der Waals surface area (Å²) in [5.41, 5.74) is 1.66. The van der Waals surface area contributed by atoms with Crippen LogP contribution in [0, 0.1) is 5.41 Å². The molecular formula is C26H34ClN3O5. The lowest BCUT2D eigenvalue weighted by atomic mass is 10.1. The summed E-state index contributed by atoms with van der Waals surface area (Å²) in [4.78, 5) is 24.2. The number of carbonyl (C=O) groups is 2. The standard InChI is InChI=1S/C26H34ClN3O5/c1-16(2)22(30-25(33)35-26(5,6)7)13-12-17(3)23(31)20(18(4)28)14-29-24(32)34-15-19-10-8-9-11-21(19)27/h8-13,28,31H,1,14-15H2,2-7H3,(H,29,32)(H,30,33)/b17-12+,22-13+,23-20-,28-18?. The number of ether oxygens (including phenoxy) is 2. The van der Waals surface area contributed by atoms with Gasteiger partial charge in [-0.25, -0.2) is 9.59 Å². The van der Waals surface area contributed by atoms with Crippen LogP contribution in [0.15, 0.2) is 71.2 Å². The van der Waals surface area contributed by atoms with E-state index in [1.54, 1.807) is 71.0 Å². The number of halogens is 1. The molecule has 0 aliphatic carbocycles. The largest absolute Gasteiger partial charge is 0.507 e. The summed E-state index contributed by atoms with van der Waals surface area (Å²) in [5.74, 6) is -0.182. The molecule has 0 heterocycles. The Hall–Kier alpha value is -3.52. The highest BCUT2D eigenvalue weighted by molar-refractivity contribution is 6.31. The SMILES string of the molecule is C=C(C)\C(=C/C=C(C)/C(O)=C(\CNC(=O)OCc1ccccc1Cl)C(C)=N)NC(=O)OC(C)(C)C. The highest BCUT2D eigenvalue weighted by Gasteiger charge is 2.17. The predicted molar refractivity (Wildman–Crippen MR) is 139 cm³/mol. The third-order valence-corrected chi connectivity index (χ3v) is 4.80. The van der Waals surface area contributed by atoms with Crippen LogP contribution in [0.3, 0.4) is 0 Å². The van der Waals surface area contributed by atoms with E-state index in [-0.39, 0.29) is 30.2 Å². The zero-order chi connectivity index (χ0) is 26.8. The summed E-state index contributed by atoms with van der Waals surface area (Å²) in [6.07, 6.45) is 1.78. The number of amides is 2. The van der Waals surface area contributed by atoms with Crippen LogP contribution in [0.1, 0.15) is 47.1 Å². The Bertz CT molecular complexity index is 1060. The number of hydrogen-bond acceptors (Lipinski definition) is 6. The van der Waals surface area contributed by atoms with Crippen LogP contribution < -0.4 is 10.6 Å². The monoisotopic (exact) mass is 503 g/mol. The van der Waals surface area contributed by atoms with Gasteiger partial charge in [0, 0.05) is 27.6 Å². The van der Waals surface area contributed by atoms with E-state index in [1.165, 1.54) is 6.92 Å². The Balaban J connectivity index is 2.93. The van der Waals surface area contributed by atoms with Crippen molar-refractivity contribution in [1.82, 2.24) is 10.6 Å². The molecule has 2 amide bonds. The van der Waals surface area contributed by atoms with Crippen LogP contribution in [-0.2, 0) is 16.1 Å². The molecule has 1 aromatic rings. The van der Waals surface area contributed by atoms with Crippen LogP contribution in [0.25, 0.3) is 0 Å². The number of allylic oxidation sites excluding steroid dienone is 4. The van der Waals surface area contributed by atoms with Gasteiger partial charge < -0.3 is 25.3 Å². The maximum absolute atomic E-state index is 12.1. The van der Waals surface area contributed by atoms with Crippen molar-refractivity contribution in [3.05, 3.63) is 81.8 Å². The van der Waals surface area contributed by atoms with Crippen LogP contribution >= 0.6 is 11.6 Å². The average molecular weight is 504 g/mol. The molecule has 0 unspecified atom stereocenters. The van der Waals surface area contributed by atoms with Gasteiger partial charge >= 0.3 is 12.2 Å². The molecule has 8 nitrogen and oxygen atoms in total. The van der Waals surface area contributed by atoms with Gasteiger partial charge in [0.2, 0.25) is 0 Å². The Morgan fingerprint density at radius 3 is 2.31 bits per heavy atom. The first kappa shape index (κ1) is 29.5. The average Bonchev–Trinajstić information content (AvgIpc) is 2.74. The first-order valence-corrected chi connectivity index (χ1v) is 11.3. The third-order valence-electron chi connectivity index (χ3n) is 4.43. The van der Waals surface area contributed by atoms with Gasteiger partial charge in [-0.1, -0.05) is 42.5 Å². The zero-order valence-electron chi connectivity index (χ0n) is 21.0. The molecule has 0 aromatic heterocycles. The second-order valence-corrected chi connectivity index (χ2v) is 9.22. The van der Waals surface area contributed by atoms with Crippen molar-refractivity contribution in [2.24, 2.45) is 0 Å². The normalized spacial score (nSPS) is 12.9. The molecule has 4 N–H and O–H groups in total. The van der Waals surface area contributed by atoms with E-state index in [0.29, 0.717) is 27.4 Å². The Morgan fingerprint density at radius 2 is 1.77 bits per heavy atom. The molecule has 0 saturated carbocycles. The number of carbonyl (C=O) groups excluding carboxylic acids is 2. The molecule has 0 spiro atoms. The van der Waals surface area contributed by atoms with Crippen molar-refractivity contribution >= 4 is 29.5 Å². The second-order valence-electron chi connectivity index (χ2n) is 8.81. The summed E-state index contributed by atoms with van der Waals surface area (Å²) in [6, 6.07) is 7.00. The minimum atomic E-state index is -0.718. The molecule has 0 aliphatic heterocycles. The number of nitrogens with one attached hydrogen (secondary N) is 3. The van der Waals surface area contributed by atoms with Crippen molar-refractivity contribution < 1.29 is 24.2 Å². The molecule has 1 rings (SSSR count). The first-order chi connectivity index (χ1) is 16.2. The first-order valence-electron chi connectivity index (χ1n) is 10.9. The minimum absolute atomic E-state index is 0.0157. The number of alkyl carbamates (subject to hydrolysis) is 2. The van der Waals surface area contributed by atoms with E-state index in [0.717, 1.165) is 0 Å². The number of benzene rings is 1. The fraction of sp³-hybridized carbons (Fsp3) is 0.346. The van der Waals surface area contributed by atoms with Gasteiger partial charge in [0.1, 0.15) is 18.0 Å². The van der Waals surface area contributed by atoms with Crippen LogP contribution in [0.2, 0.25) is 5.02 Å². The van der Waals surface area contributed by atoms with E-state index in [9.17, 15) is 14.7 Å². The van der Waals surface area contributed by atoms with Gasteiger partial charge in [0.05, 0.1) is 6.54 Å². The Labute approximate surface area is 211 Å². The lowest BCUT2D eigenvalue weighted by Gasteiger charge is -2.20. The van der Waals surface area contributed by atoms with E-state index in [4.69, 9.17) is 26.5 Å². The van der Waals surface area contributed by atoms with Crippen molar-refractivity contribution in [2.75, 3.05) is 6.54 Å². The summed E-state index contributed by atoms with van der Waals surface area (Å²) < 4.78 is 10.4. The van der Waals surface area contributed by atoms with Crippen molar-refractivity contribution in [1.29, 1.82) is 5.41 Å². The van der Waals surface area contributed by atoms with Crippen molar-refractivity contribution in [3.63, 3.8) is 0 Å². The highest BCUT2D eigenvalue weighted by atomic mass is 35.5. The number of aliphatic hydroxyl groups is 1. The fourth-order valence-corrected chi connectivity index (χ4v) is 2.78. The fourth-order valence-electron chi connectivity index (χ4n) is 2.59. The van der Waals surface area contributed by atoms with E-state index < -0.39 is 17.8 Å². The molecule has 9 heteroatoms. The quantitative estimate of drug-likeness (QED) is 0.178. The van der Waals surface area contributed by atoms with E-state index >= 15 is 0 Å². The molecule has 35 heavy (non-hydrogen) atoms. The summed E-state index contributed by atoms with van der Waals surface area (Å²) in [6.45, 7) is 13.8. The lowest BCUT2D eigenvalue weighted by molar-refractivity contribution is 0.0547. The Kier molecular flexibility index (Phi) is 11.3. The zero-order valence-corrected chi connectivity index (χ0v) is 21.8.